The molecule has 0 spiro atoms. The van der Waals surface area contributed by atoms with Crippen molar-refractivity contribution in [3.63, 3.8) is 0 Å². The molecule has 0 bridgehead atoms. The van der Waals surface area contributed by atoms with Crippen molar-refractivity contribution in [1.29, 1.82) is 0 Å². The van der Waals surface area contributed by atoms with Crippen molar-refractivity contribution >= 4 is 34.5 Å². The van der Waals surface area contributed by atoms with Gasteiger partial charge in [0, 0.05) is 34.8 Å². The SMILES string of the molecule is Cc1ccc2c(c1)c(C(=O)[C@@H]1CSC(c3cccnc3)N1)c(C)n2C(=O)OC(C)(C)C. The Morgan fingerprint density at radius 2 is 2.00 bits per heavy atom. The molecular weight excluding hydrogens is 410 g/mol. The van der Waals surface area contributed by atoms with Crippen LogP contribution in [0.5, 0.6) is 0 Å². The zero-order chi connectivity index (χ0) is 22.3. The van der Waals surface area contributed by atoms with Crippen LogP contribution in [0, 0.1) is 13.8 Å². The highest BCUT2D eigenvalue weighted by Gasteiger charge is 2.35. The molecule has 162 valence electrons. The monoisotopic (exact) mass is 437 g/mol. The van der Waals surface area contributed by atoms with E-state index in [9.17, 15) is 9.59 Å². The minimum Gasteiger partial charge on any atom is -0.443 e. The first-order chi connectivity index (χ1) is 14.7. The number of Topliss-reactive ketones (excluding diaryl/α,β-unsaturated/α-hetero) is 1. The lowest BCUT2D eigenvalue weighted by Gasteiger charge is -2.20. The number of carbonyl (C=O) groups excluding carboxylic acids is 2. The van der Waals surface area contributed by atoms with E-state index in [0.717, 1.165) is 16.5 Å². The summed E-state index contributed by atoms with van der Waals surface area (Å²) in [5, 5.41) is 4.24. The summed E-state index contributed by atoms with van der Waals surface area (Å²) >= 11 is 1.69. The molecule has 0 radical (unpaired) electrons. The van der Waals surface area contributed by atoms with Crippen molar-refractivity contribution in [2.75, 3.05) is 5.75 Å². The number of ketones is 1. The Morgan fingerprint density at radius 1 is 1.23 bits per heavy atom. The Balaban J connectivity index is 1.72. The molecule has 1 fully saturated rings. The maximum Gasteiger partial charge on any atom is 0.419 e. The summed E-state index contributed by atoms with van der Waals surface area (Å²) in [6.45, 7) is 9.30. The van der Waals surface area contributed by atoms with Gasteiger partial charge in [-0.2, -0.15) is 0 Å². The molecule has 1 unspecified atom stereocenters. The molecule has 0 saturated carbocycles. The van der Waals surface area contributed by atoms with E-state index in [0.29, 0.717) is 22.5 Å². The van der Waals surface area contributed by atoms with Crippen molar-refractivity contribution < 1.29 is 14.3 Å². The van der Waals surface area contributed by atoms with E-state index < -0.39 is 11.7 Å². The summed E-state index contributed by atoms with van der Waals surface area (Å²) in [5.74, 6) is 0.650. The molecule has 3 aromatic rings. The number of hydrogen-bond acceptors (Lipinski definition) is 6. The van der Waals surface area contributed by atoms with Gasteiger partial charge in [0.05, 0.1) is 16.9 Å². The van der Waals surface area contributed by atoms with Crippen LogP contribution in [0.4, 0.5) is 4.79 Å². The van der Waals surface area contributed by atoms with Crippen molar-refractivity contribution in [2.24, 2.45) is 0 Å². The molecule has 2 atom stereocenters. The molecule has 0 amide bonds. The second-order valence-electron chi connectivity index (χ2n) is 8.88. The Hall–Kier alpha value is -2.64. The van der Waals surface area contributed by atoms with Crippen LogP contribution in [0.3, 0.4) is 0 Å². The highest BCUT2D eigenvalue weighted by atomic mass is 32.2. The van der Waals surface area contributed by atoms with E-state index in [2.05, 4.69) is 10.3 Å². The summed E-state index contributed by atoms with van der Waals surface area (Å²) in [5.41, 5.74) is 3.33. The van der Waals surface area contributed by atoms with Crippen LogP contribution in [0.1, 0.15) is 53.3 Å². The van der Waals surface area contributed by atoms with Gasteiger partial charge in [-0.25, -0.2) is 9.36 Å². The van der Waals surface area contributed by atoms with Gasteiger partial charge in [0.25, 0.3) is 0 Å². The maximum atomic E-state index is 13.6. The lowest BCUT2D eigenvalue weighted by atomic mass is 10.0. The van der Waals surface area contributed by atoms with Crippen molar-refractivity contribution in [3.05, 3.63) is 65.1 Å². The summed E-state index contributed by atoms with van der Waals surface area (Å²) in [6.07, 6.45) is 3.09. The van der Waals surface area contributed by atoms with Gasteiger partial charge < -0.3 is 4.74 Å². The standard InChI is InChI=1S/C24H27N3O3S/c1-14-8-9-19-17(11-14)20(15(2)27(19)23(29)30-24(3,4)5)21(28)18-13-31-22(26-18)16-7-6-10-25-12-16/h6-12,18,22,26H,13H2,1-5H3/t18-,22?/m0/s1. The number of fused-ring (bicyclic) bond motifs is 1. The number of hydrogen-bond donors (Lipinski definition) is 1. The smallest absolute Gasteiger partial charge is 0.419 e. The van der Waals surface area contributed by atoms with Gasteiger partial charge >= 0.3 is 6.09 Å². The van der Waals surface area contributed by atoms with Crippen LogP contribution in [0.15, 0.2) is 42.7 Å². The number of benzene rings is 1. The highest BCUT2D eigenvalue weighted by Crippen LogP contribution is 2.35. The van der Waals surface area contributed by atoms with E-state index in [1.165, 1.54) is 4.57 Å². The molecule has 0 aliphatic carbocycles. The molecular formula is C24H27N3O3S. The van der Waals surface area contributed by atoms with E-state index >= 15 is 0 Å². The summed E-state index contributed by atoms with van der Waals surface area (Å²) in [6, 6.07) is 9.36. The summed E-state index contributed by atoms with van der Waals surface area (Å²) in [4.78, 5) is 30.8. The van der Waals surface area contributed by atoms with E-state index in [-0.39, 0.29) is 17.2 Å². The fourth-order valence-electron chi connectivity index (χ4n) is 3.91. The average Bonchev–Trinajstić information content (AvgIpc) is 3.29. The number of aromatic nitrogens is 2. The van der Waals surface area contributed by atoms with Crippen LogP contribution in [0.2, 0.25) is 0 Å². The summed E-state index contributed by atoms with van der Waals surface area (Å²) < 4.78 is 7.14. The minimum atomic E-state index is -0.629. The fraction of sp³-hybridized carbons (Fsp3) is 0.375. The topological polar surface area (TPSA) is 73.2 Å². The van der Waals surface area contributed by atoms with Crippen molar-refractivity contribution in [3.8, 4) is 0 Å². The van der Waals surface area contributed by atoms with Gasteiger partial charge in [0.2, 0.25) is 0 Å². The Bertz CT molecular complexity index is 1150. The second-order valence-corrected chi connectivity index (χ2v) is 10.0. The number of aryl methyl sites for hydroxylation is 1. The lowest BCUT2D eigenvalue weighted by Crippen LogP contribution is -2.34. The normalized spacial score (nSPS) is 19.0. The third kappa shape index (κ3) is 4.25. The van der Waals surface area contributed by atoms with Crippen LogP contribution in [-0.2, 0) is 4.74 Å². The predicted molar refractivity (Wildman–Crippen MR) is 124 cm³/mol. The Kier molecular flexibility index (Phi) is 5.66. The molecule has 6 nitrogen and oxygen atoms in total. The number of ether oxygens (including phenoxy) is 1. The van der Waals surface area contributed by atoms with E-state index in [4.69, 9.17) is 4.74 Å². The average molecular weight is 438 g/mol. The predicted octanol–water partition coefficient (Wildman–Crippen LogP) is 5.02. The Morgan fingerprint density at radius 3 is 2.68 bits per heavy atom. The zero-order valence-corrected chi connectivity index (χ0v) is 19.2. The number of thioether (sulfide) groups is 1. The number of pyridine rings is 1. The molecule has 7 heteroatoms. The summed E-state index contributed by atoms with van der Waals surface area (Å²) in [7, 11) is 0. The number of rotatable bonds is 3. The first-order valence-corrected chi connectivity index (χ1v) is 11.4. The molecule has 1 N–H and O–H groups in total. The van der Waals surface area contributed by atoms with Gasteiger partial charge in [0.1, 0.15) is 5.60 Å². The highest BCUT2D eigenvalue weighted by molar-refractivity contribution is 7.99. The molecule has 31 heavy (non-hydrogen) atoms. The van der Waals surface area contributed by atoms with Gasteiger partial charge in [-0.15, -0.1) is 11.8 Å². The molecule has 1 aliphatic rings. The molecule has 4 rings (SSSR count). The first-order valence-electron chi connectivity index (χ1n) is 10.3. The molecule has 1 saturated heterocycles. The van der Waals surface area contributed by atoms with Gasteiger partial charge in [-0.1, -0.05) is 17.7 Å². The van der Waals surface area contributed by atoms with E-state index in [1.54, 1.807) is 18.0 Å². The minimum absolute atomic E-state index is 0.00528. The van der Waals surface area contributed by atoms with E-state index in [1.807, 2.05) is 71.1 Å². The lowest BCUT2D eigenvalue weighted by molar-refractivity contribution is 0.0541. The van der Waals surface area contributed by atoms with Gasteiger partial charge in [-0.3, -0.25) is 15.1 Å². The third-order valence-electron chi connectivity index (χ3n) is 5.27. The maximum absolute atomic E-state index is 13.6. The van der Waals surface area contributed by atoms with Crippen LogP contribution in [0.25, 0.3) is 10.9 Å². The van der Waals surface area contributed by atoms with Crippen LogP contribution in [-0.4, -0.2) is 38.8 Å². The number of carbonyl (C=O) groups is 2. The first kappa shape index (κ1) is 21.6. The quantitative estimate of drug-likeness (QED) is 0.580. The fourth-order valence-corrected chi connectivity index (χ4v) is 5.13. The second kappa shape index (κ2) is 8.13. The van der Waals surface area contributed by atoms with Crippen LogP contribution < -0.4 is 5.32 Å². The Labute approximate surface area is 186 Å². The zero-order valence-electron chi connectivity index (χ0n) is 18.4. The largest absolute Gasteiger partial charge is 0.443 e. The van der Waals surface area contributed by atoms with Crippen LogP contribution >= 0.6 is 11.8 Å². The third-order valence-corrected chi connectivity index (χ3v) is 6.54. The van der Waals surface area contributed by atoms with Crippen molar-refractivity contribution in [2.45, 2.75) is 51.6 Å². The van der Waals surface area contributed by atoms with Gasteiger partial charge in [-0.05, 0) is 58.4 Å². The van der Waals surface area contributed by atoms with Gasteiger partial charge in [0.15, 0.2) is 5.78 Å². The van der Waals surface area contributed by atoms with Crippen molar-refractivity contribution in [1.82, 2.24) is 14.9 Å². The molecule has 1 aromatic carbocycles. The molecule has 1 aliphatic heterocycles. The molecule has 2 aromatic heterocycles. The molecule has 3 heterocycles. The number of nitrogens with one attached hydrogen (secondary N) is 1. The number of nitrogens with zero attached hydrogens (tertiary/aromatic N) is 2.